The van der Waals surface area contributed by atoms with Gasteiger partial charge in [0.25, 0.3) is 5.91 Å². The lowest BCUT2D eigenvalue weighted by atomic mass is 10.00. The predicted octanol–water partition coefficient (Wildman–Crippen LogP) is 5.37. The van der Waals surface area contributed by atoms with E-state index in [1.54, 1.807) is 52.6 Å². The van der Waals surface area contributed by atoms with Gasteiger partial charge in [-0.15, -0.1) is 11.3 Å². The summed E-state index contributed by atoms with van der Waals surface area (Å²) in [5.41, 5.74) is 1.01. The summed E-state index contributed by atoms with van der Waals surface area (Å²) in [6, 6.07) is 14.7. The molecule has 37 heavy (non-hydrogen) atoms. The highest BCUT2D eigenvalue weighted by atomic mass is 35.5. The van der Waals surface area contributed by atoms with Crippen LogP contribution in [0.15, 0.2) is 60.0 Å². The maximum absolute atomic E-state index is 14.5. The standard InChI is InChI=1S/C28H28ClFN2O4S/c29-19-7-9-20(10-8-19)36-18-25-23-12-15-37-26(23)11-13-32(25)27(33)17-31(16-21-4-3-14-35-21)28(34)22-5-1-2-6-24(22)30/h1-2,5-10,12,15,21,25H,3-4,11,13-14,16-18H2. The first-order valence-electron chi connectivity index (χ1n) is 12.4. The molecule has 2 unspecified atom stereocenters. The van der Waals surface area contributed by atoms with Gasteiger partial charge in [-0.1, -0.05) is 23.7 Å². The minimum Gasteiger partial charge on any atom is -0.491 e. The minimum atomic E-state index is -0.604. The number of fused-ring (bicyclic) bond motifs is 1. The van der Waals surface area contributed by atoms with Crippen LogP contribution in [0.2, 0.25) is 5.02 Å². The van der Waals surface area contributed by atoms with Gasteiger partial charge in [-0.25, -0.2) is 4.39 Å². The van der Waals surface area contributed by atoms with Crippen LogP contribution in [0.4, 0.5) is 4.39 Å². The van der Waals surface area contributed by atoms with E-state index in [4.69, 9.17) is 21.1 Å². The van der Waals surface area contributed by atoms with Gasteiger partial charge in [-0.2, -0.15) is 0 Å². The molecule has 0 radical (unpaired) electrons. The second-order valence-electron chi connectivity index (χ2n) is 9.22. The van der Waals surface area contributed by atoms with E-state index in [0.29, 0.717) is 23.9 Å². The first-order chi connectivity index (χ1) is 18.0. The van der Waals surface area contributed by atoms with Crippen molar-refractivity contribution in [1.29, 1.82) is 0 Å². The average molecular weight is 543 g/mol. The summed E-state index contributed by atoms with van der Waals surface area (Å²) >= 11 is 7.67. The number of carbonyl (C=O) groups is 2. The lowest BCUT2D eigenvalue weighted by Gasteiger charge is -2.37. The van der Waals surface area contributed by atoms with Crippen molar-refractivity contribution in [3.05, 3.63) is 86.8 Å². The minimum absolute atomic E-state index is 0.0466. The van der Waals surface area contributed by atoms with Crippen LogP contribution >= 0.6 is 22.9 Å². The number of carbonyl (C=O) groups excluding carboxylic acids is 2. The molecule has 9 heteroatoms. The molecule has 0 N–H and O–H groups in total. The zero-order chi connectivity index (χ0) is 25.8. The van der Waals surface area contributed by atoms with E-state index < -0.39 is 11.7 Å². The third-order valence-electron chi connectivity index (χ3n) is 6.80. The van der Waals surface area contributed by atoms with Gasteiger partial charge in [-0.3, -0.25) is 9.59 Å². The number of ether oxygens (including phenoxy) is 2. The maximum Gasteiger partial charge on any atom is 0.257 e. The Balaban J connectivity index is 1.36. The van der Waals surface area contributed by atoms with E-state index in [1.807, 2.05) is 11.4 Å². The topological polar surface area (TPSA) is 59.1 Å². The van der Waals surface area contributed by atoms with E-state index in [9.17, 15) is 14.0 Å². The van der Waals surface area contributed by atoms with E-state index in [0.717, 1.165) is 24.8 Å². The molecule has 6 nitrogen and oxygen atoms in total. The maximum atomic E-state index is 14.5. The summed E-state index contributed by atoms with van der Waals surface area (Å²) in [6.45, 7) is 1.48. The molecule has 1 saturated heterocycles. The summed E-state index contributed by atoms with van der Waals surface area (Å²) < 4.78 is 26.3. The first-order valence-corrected chi connectivity index (χ1v) is 13.6. The molecule has 0 aliphatic carbocycles. The number of hydrogen-bond acceptors (Lipinski definition) is 5. The Morgan fingerprint density at radius 2 is 1.97 bits per heavy atom. The Kier molecular flexibility index (Phi) is 8.08. The van der Waals surface area contributed by atoms with Crippen LogP contribution in [0.3, 0.4) is 0 Å². The zero-order valence-corrected chi connectivity index (χ0v) is 21.8. The van der Waals surface area contributed by atoms with Crippen LogP contribution < -0.4 is 4.74 Å². The highest BCUT2D eigenvalue weighted by Crippen LogP contribution is 2.34. The summed E-state index contributed by atoms with van der Waals surface area (Å²) in [7, 11) is 0. The number of nitrogens with zero attached hydrogens (tertiary/aromatic N) is 2. The van der Waals surface area contributed by atoms with E-state index in [2.05, 4.69) is 0 Å². The Hall–Kier alpha value is -2.94. The largest absolute Gasteiger partial charge is 0.491 e. The smallest absolute Gasteiger partial charge is 0.257 e. The molecule has 5 rings (SSSR count). The van der Waals surface area contributed by atoms with Gasteiger partial charge in [0.2, 0.25) is 5.91 Å². The van der Waals surface area contributed by atoms with Crippen molar-refractivity contribution in [2.75, 3.05) is 32.8 Å². The van der Waals surface area contributed by atoms with Gasteiger partial charge in [0.15, 0.2) is 0 Å². The van der Waals surface area contributed by atoms with Gasteiger partial charge < -0.3 is 19.3 Å². The number of amides is 2. The number of benzene rings is 2. The Morgan fingerprint density at radius 3 is 2.73 bits per heavy atom. The highest BCUT2D eigenvalue weighted by Gasteiger charge is 2.35. The highest BCUT2D eigenvalue weighted by molar-refractivity contribution is 7.10. The fourth-order valence-corrected chi connectivity index (χ4v) is 5.95. The number of thiophene rings is 1. The summed E-state index contributed by atoms with van der Waals surface area (Å²) in [6.07, 6.45) is 2.27. The van der Waals surface area contributed by atoms with E-state index >= 15 is 0 Å². The first kappa shape index (κ1) is 25.7. The molecule has 1 aromatic heterocycles. The second kappa shape index (κ2) is 11.6. The molecule has 1 fully saturated rings. The molecular weight excluding hydrogens is 515 g/mol. The predicted molar refractivity (Wildman–Crippen MR) is 141 cm³/mol. The lowest BCUT2D eigenvalue weighted by Crippen LogP contribution is -2.49. The molecule has 2 amide bonds. The van der Waals surface area contributed by atoms with Crippen LogP contribution in [-0.4, -0.2) is 60.6 Å². The van der Waals surface area contributed by atoms with Crippen LogP contribution in [0.5, 0.6) is 5.75 Å². The Labute approximate surface area is 224 Å². The lowest BCUT2D eigenvalue weighted by molar-refractivity contribution is -0.135. The SMILES string of the molecule is O=C(c1ccccc1F)N(CC(=O)N1CCc2sccc2C1COc1ccc(Cl)cc1)CC1CCCO1. The summed E-state index contributed by atoms with van der Waals surface area (Å²) in [5, 5.41) is 2.65. The molecule has 2 aliphatic rings. The van der Waals surface area contributed by atoms with Gasteiger partial charge in [0.05, 0.1) is 17.7 Å². The number of hydrogen-bond donors (Lipinski definition) is 0. The third-order valence-corrected chi connectivity index (χ3v) is 8.05. The average Bonchev–Trinajstić information content (AvgIpc) is 3.60. The third kappa shape index (κ3) is 5.98. The van der Waals surface area contributed by atoms with Crippen LogP contribution in [-0.2, 0) is 16.0 Å². The molecule has 194 valence electrons. The molecule has 3 heterocycles. The molecule has 0 spiro atoms. The molecule has 2 aromatic carbocycles. The Bertz CT molecular complexity index is 1240. The van der Waals surface area contributed by atoms with E-state index in [-0.39, 0.29) is 43.3 Å². The molecule has 2 atom stereocenters. The quantitative estimate of drug-likeness (QED) is 0.384. The van der Waals surface area contributed by atoms with Crippen molar-refractivity contribution in [3.8, 4) is 5.75 Å². The monoisotopic (exact) mass is 542 g/mol. The number of rotatable bonds is 8. The van der Waals surface area contributed by atoms with Gasteiger partial charge in [-0.05, 0) is 72.7 Å². The van der Waals surface area contributed by atoms with Crippen LogP contribution in [0.1, 0.15) is 39.7 Å². The van der Waals surface area contributed by atoms with Crippen LogP contribution in [0.25, 0.3) is 0 Å². The molecular formula is C28H28ClFN2O4S. The Morgan fingerprint density at radius 1 is 1.16 bits per heavy atom. The van der Waals surface area contributed by atoms with Crippen molar-refractivity contribution in [2.24, 2.45) is 0 Å². The van der Waals surface area contributed by atoms with Gasteiger partial charge in [0.1, 0.15) is 24.7 Å². The van der Waals surface area contributed by atoms with Crippen molar-refractivity contribution in [2.45, 2.75) is 31.4 Å². The molecule has 2 aliphatic heterocycles. The van der Waals surface area contributed by atoms with Crippen molar-refractivity contribution in [1.82, 2.24) is 9.80 Å². The number of halogens is 2. The normalized spacial score (nSPS) is 18.9. The molecule has 0 bridgehead atoms. The second-order valence-corrected chi connectivity index (χ2v) is 10.7. The summed E-state index contributed by atoms with van der Waals surface area (Å²) in [5.74, 6) is -0.658. The molecule has 0 saturated carbocycles. The van der Waals surface area contributed by atoms with Crippen molar-refractivity contribution >= 4 is 34.8 Å². The zero-order valence-electron chi connectivity index (χ0n) is 20.3. The van der Waals surface area contributed by atoms with Crippen molar-refractivity contribution in [3.63, 3.8) is 0 Å². The molecule has 3 aromatic rings. The van der Waals surface area contributed by atoms with Crippen molar-refractivity contribution < 1.29 is 23.5 Å². The summed E-state index contributed by atoms with van der Waals surface area (Å²) in [4.78, 5) is 31.5. The van der Waals surface area contributed by atoms with E-state index in [1.165, 1.54) is 21.9 Å². The fraction of sp³-hybridized carbons (Fsp3) is 0.357. The van der Waals surface area contributed by atoms with Crippen LogP contribution in [0, 0.1) is 5.82 Å². The van der Waals surface area contributed by atoms with Gasteiger partial charge in [0, 0.05) is 29.6 Å². The van der Waals surface area contributed by atoms with Gasteiger partial charge >= 0.3 is 0 Å². The fourth-order valence-electron chi connectivity index (χ4n) is 4.89.